The largest absolute Gasteiger partial charge is 0.457 e. The van der Waals surface area contributed by atoms with Crippen LogP contribution in [0, 0.1) is 11.6 Å². The van der Waals surface area contributed by atoms with Crippen molar-refractivity contribution in [2.75, 3.05) is 6.86 Å². The van der Waals surface area contributed by atoms with Crippen LogP contribution >= 0.6 is 0 Å². The summed E-state index contributed by atoms with van der Waals surface area (Å²) in [6.45, 7) is -4.74. The second-order valence-corrected chi connectivity index (χ2v) is 2.32. The Kier molecular flexibility index (Phi) is 3.70. The van der Waals surface area contributed by atoms with Crippen molar-refractivity contribution in [1.29, 1.82) is 0 Å². The molecule has 7 heteroatoms. The maximum atomic E-state index is 13.1. The Labute approximate surface area is 81.2 Å². The lowest BCUT2D eigenvalue weighted by atomic mass is 10.3. The fourth-order valence-corrected chi connectivity index (χ4v) is 0.888. The van der Waals surface area contributed by atoms with E-state index in [2.05, 4.69) is 9.47 Å². The van der Waals surface area contributed by atoms with Crippen LogP contribution in [0.4, 0.5) is 22.0 Å². The van der Waals surface area contributed by atoms with Gasteiger partial charge in [-0.2, -0.15) is 13.2 Å². The van der Waals surface area contributed by atoms with Crippen LogP contribution in [0.1, 0.15) is 0 Å². The highest BCUT2D eigenvalue weighted by molar-refractivity contribution is 5.36. The van der Waals surface area contributed by atoms with Gasteiger partial charge in [-0.05, 0) is 12.1 Å². The highest BCUT2D eigenvalue weighted by atomic mass is 19.3. The third kappa shape index (κ3) is 2.71. The molecule has 0 amide bonds. The van der Waals surface area contributed by atoms with Crippen LogP contribution < -0.4 is 9.47 Å². The van der Waals surface area contributed by atoms with Gasteiger partial charge < -0.3 is 9.47 Å². The first kappa shape index (κ1) is 11.5. The molecule has 0 atom stereocenters. The van der Waals surface area contributed by atoms with Crippen LogP contribution in [0.3, 0.4) is 0 Å². The number of ether oxygens (including phenoxy) is 2. The first-order valence-corrected chi connectivity index (χ1v) is 3.67. The number of benzene rings is 1. The molecule has 0 saturated heterocycles. The van der Waals surface area contributed by atoms with Crippen molar-refractivity contribution in [3.05, 3.63) is 23.8 Å². The molecule has 0 aliphatic carbocycles. The summed E-state index contributed by atoms with van der Waals surface area (Å²) in [6, 6.07) is 1.29. The predicted octanol–water partition coefficient (Wildman–Crippen LogP) is 2.87. The van der Waals surface area contributed by atoms with Gasteiger partial charge in [0.25, 0.3) is 0 Å². The van der Waals surface area contributed by atoms with Crippen LogP contribution in [0.5, 0.6) is 11.5 Å². The van der Waals surface area contributed by atoms with Crippen molar-refractivity contribution in [3.63, 3.8) is 0 Å². The van der Waals surface area contributed by atoms with E-state index < -0.39 is 36.6 Å². The summed E-state index contributed by atoms with van der Waals surface area (Å²) in [5.74, 6) is -4.70. The quantitative estimate of drug-likeness (QED) is 0.737. The van der Waals surface area contributed by atoms with Crippen LogP contribution in [-0.4, -0.2) is 13.5 Å². The Hall–Kier alpha value is -1.53. The fraction of sp³-hybridized carbons (Fsp3) is 0.250. The zero-order chi connectivity index (χ0) is 11.4. The van der Waals surface area contributed by atoms with E-state index in [1.165, 1.54) is 0 Å². The van der Waals surface area contributed by atoms with E-state index in [9.17, 15) is 22.0 Å². The topological polar surface area (TPSA) is 18.5 Å². The number of hydrogen-bond acceptors (Lipinski definition) is 2. The molecule has 1 rings (SSSR count). The molecular weight excluding hydrogens is 223 g/mol. The normalized spacial score (nSPS) is 10.5. The van der Waals surface area contributed by atoms with Gasteiger partial charge in [0.15, 0.2) is 17.3 Å². The predicted molar refractivity (Wildman–Crippen MR) is 39.6 cm³/mol. The first-order chi connectivity index (χ1) is 7.06. The van der Waals surface area contributed by atoms with E-state index in [0.29, 0.717) is 12.1 Å². The number of halogens is 5. The lowest BCUT2D eigenvalue weighted by Crippen LogP contribution is -2.06. The van der Waals surface area contributed by atoms with Crippen LogP contribution in [0.25, 0.3) is 0 Å². The van der Waals surface area contributed by atoms with Gasteiger partial charge >= 0.3 is 6.61 Å². The van der Waals surface area contributed by atoms with Crippen molar-refractivity contribution in [2.45, 2.75) is 6.61 Å². The van der Waals surface area contributed by atoms with Crippen molar-refractivity contribution >= 4 is 0 Å². The molecule has 84 valence electrons. The minimum Gasteiger partial charge on any atom is -0.457 e. The Bertz CT molecular complexity index is 342. The molecule has 0 aliphatic rings. The molecule has 0 saturated carbocycles. The summed E-state index contributed by atoms with van der Waals surface area (Å²) in [5.41, 5.74) is 0. The van der Waals surface area contributed by atoms with Gasteiger partial charge in [0.05, 0.1) is 0 Å². The van der Waals surface area contributed by atoms with Crippen molar-refractivity contribution in [3.8, 4) is 11.5 Å². The Balaban J connectivity index is 3.04. The van der Waals surface area contributed by atoms with E-state index in [4.69, 9.17) is 0 Å². The molecule has 0 N–H and O–H groups in total. The summed E-state index contributed by atoms with van der Waals surface area (Å²) >= 11 is 0. The minimum absolute atomic E-state index is 0.631. The van der Waals surface area contributed by atoms with E-state index in [1.807, 2.05) is 0 Å². The molecule has 1 aromatic carbocycles. The number of hydrogen-bond donors (Lipinski definition) is 0. The molecule has 0 radical (unpaired) electrons. The molecule has 0 fully saturated rings. The van der Waals surface area contributed by atoms with Gasteiger partial charge in [-0.25, -0.2) is 8.78 Å². The smallest absolute Gasteiger partial charge is 0.387 e. The third-order valence-electron chi connectivity index (χ3n) is 1.43. The summed E-state index contributed by atoms with van der Waals surface area (Å²) < 4.78 is 68.7. The summed E-state index contributed by atoms with van der Waals surface area (Å²) in [5, 5.41) is 0. The van der Waals surface area contributed by atoms with Crippen LogP contribution in [0.2, 0.25) is 0 Å². The van der Waals surface area contributed by atoms with E-state index in [1.54, 1.807) is 0 Å². The van der Waals surface area contributed by atoms with Crippen LogP contribution in [0.15, 0.2) is 12.1 Å². The summed E-state index contributed by atoms with van der Waals surface area (Å²) in [7, 11) is 0. The van der Waals surface area contributed by atoms with Gasteiger partial charge in [-0.15, -0.1) is 0 Å². The summed E-state index contributed by atoms with van der Waals surface area (Å²) in [6.07, 6.45) is 0. The SMILES string of the molecule is FCOc1c(F)ccc(OC(F)F)c1F. The average molecular weight is 228 g/mol. The van der Waals surface area contributed by atoms with Gasteiger partial charge in [0.1, 0.15) is 0 Å². The molecule has 0 spiro atoms. The Morgan fingerprint density at radius 1 is 1.20 bits per heavy atom. The molecule has 1 aromatic rings. The minimum atomic E-state index is -3.26. The molecule has 0 heterocycles. The maximum absolute atomic E-state index is 13.1. The van der Waals surface area contributed by atoms with Crippen molar-refractivity contribution in [2.24, 2.45) is 0 Å². The zero-order valence-electron chi connectivity index (χ0n) is 7.15. The Morgan fingerprint density at radius 2 is 1.87 bits per heavy atom. The lowest BCUT2D eigenvalue weighted by molar-refractivity contribution is -0.0525. The molecule has 0 aromatic heterocycles. The molecule has 0 aliphatic heterocycles. The number of rotatable bonds is 4. The third-order valence-corrected chi connectivity index (χ3v) is 1.43. The van der Waals surface area contributed by atoms with Gasteiger partial charge in [0, 0.05) is 0 Å². The van der Waals surface area contributed by atoms with Gasteiger partial charge in [-0.1, -0.05) is 0 Å². The first-order valence-electron chi connectivity index (χ1n) is 3.67. The summed E-state index contributed by atoms with van der Waals surface area (Å²) in [4.78, 5) is 0. The molecule has 0 bridgehead atoms. The van der Waals surface area contributed by atoms with Crippen LogP contribution in [-0.2, 0) is 0 Å². The highest BCUT2D eigenvalue weighted by Gasteiger charge is 2.18. The van der Waals surface area contributed by atoms with E-state index >= 15 is 0 Å². The number of alkyl halides is 3. The monoisotopic (exact) mass is 228 g/mol. The van der Waals surface area contributed by atoms with Crippen molar-refractivity contribution < 1.29 is 31.4 Å². The zero-order valence-corrected chi connectivity index (χ0v) is 7.15. The highest BCUT2D eigenvalue weighted by Crippen LogP contribution is 2.30. The molecule has 0 unspecified atom stereocenters. The molecule has 2 nitrogen and oxygen atoms in total. The molecule has 15 heavy (non-hydrogen) atoms. The molecular formula is C8H5F5O2. The maximum Gasteiger partial charge on any atom is 0.387 e. The standard InChI is InChI=1S/C8H5F5O2/c9-3-14-7-4(10)1-2-5(6(7)11)15-8(12)13/h1-2,8H,3H2. The van der Waals surface area contributed by atoms with E-state index in [0.717, 1.165) is 0 Å². The second kappa shape index (κ2) is 4.81. The average Bonchev–Trinajstić information content (AvgIpc) is 2.16. The lowest BCUT2D eigenvalue weighted by Gasteiger charge is -2.09. The van der Waals surface area contributed by atoms with E-state index in [-0.39, 0.29) is 0 Å². The fourth-order valence-electron chi connectivity index (χ4n) is 0.888. The van der Waals surface area contributed by atoms with Gasteiger partial charge in [-0.3, -0.25) is 0 Å². The Morgan fingerprint density at radius 3 is 2.40 bits per heavy atom. The van der Waals surface area contributed by atoms with Gasteiger partial charge in [0.2, 0.25) is 12.7 Å². The van der Waals surface area contributed by atoms with Crippen molar-refractivity contribution in [1.82, 2.24) is 0 Å². The second-order valence-electron chi connectivity index (χ2n) is 2.32.